The van der Waals surface area contributed by atoms with Gasteiger partial charge in [0.2, 0.25) is 0 Å². The molecule has 0 aliphatic carbocycles. The fraction of sp³-hybridized carbons (Fsp3) is 0. The van der Waals surface area contributed by atoms with Gasteiger partial charge in [-0.2, -0.15) is 0 Å². The van der Waals surface area contributed by atoms with Crippen molar-refractivity contribution in [2.24, 2.45) is 0 Å². The molecule has 103 valence electrons. The van der Waals surface area contributed by atoms with Crippen molar-refractivity contribution in [2.75, 3.05) is 0 Å². The van der Waals surface area contributed by atoms with Crippen molar-refractivity contribution in [2.45, 2.75) is 0 Å². The van der Waals surface area contributed by atoms with E-state index in [9.17, 15) is 0 Å². The predicted octanol–water partition coefficient (Wildman–Crippen LogP) is -1.98. The Morgan fingerprint density at radius 2 is 0.944 bits per heavy atom. The summed E-state index contributed by atoms with van der Waals surface area (Å²) in [4.78, 5) is 3.78. The van der Waals surface area contributed by atoms with E-state index in [1.54, 1.807) is 12.4 Å². The van der Waals surface area contributed by atoms with Crippen LogP contribution >= 0.6 is 0 Å². The van der Waals surface area contributed by atoms with E-state index < -0.39 is 20.8 Å². The second-order valence-corrected chi connectivity index (χ2v) is 3.47. The minimum absolute atomic E-state index is 0. The summed E-state index contributed by atoms with van der Waals surface area (Å²) in [7, 11) is -10.3. The number of hydrogen-bond donors (Lipinski definition) is 0. The molecule has 0 fully saturated rings. The van der Waals surface area contributed by atoms with Gasteiger partial charge in [-0.25, -0.2) is 0 Å². The Balaban J connectivity index is -0.0000000781. The third kappa shape index (κ3) is 97.7. The van der Waals surface area contributed by atoms with E-state index in [1.165, 1.54) is 0 Å². The molecule has 1 aromatic heterocycles. The zero-order valence-electron chi connectivity index (χ0n) is 8.43. The van der Waals surface area contributed by atoms with Crippen molar-refractivity contribution < 1.29 is 52.1 Å². The van der Waals surface area contributed by atoms with Crippen LogP contribution in [0.3, 0.4) is 0 Å². The minimum Gasteiger partial charge on any atom is -0.759 e. The Kier molecular flexibility index (Phi) is 20.2. The van der Waals surface area contributed by atoms with E-state index >= 15 is 0 Å². The number of rotatable bonds is 0. The van der Waals surface area contributed by atoms with E-state index in [2.05, 4.69) is 4.98 Å². The van der Waals surface area contributed by atoms with Gasteiger partial charge in [-0.15, -0.1) is 0 Å². The Morgan fingerprint density at radius 3 is 1.00 bits per heavy atom. The van der Waals surface area contributed by atoms with Crippen molar-refractivity contribution >= 4 is 43.9 Å². The van der Waals surface area contributed by atoms with Gasteiger partial charge in [-0.1, -0.05) is 6.07 Å². The molecule has 0 bridgehead atoms. The maximum Gasteiger partial charge on any atom is 2.00 e. The van der Waals surface area contributed by atoms with Gasteiger partial charge in [0.1, 0.15) is 0 Å². The summed E-state index contributed by atoms with van der Waals surface area (Å²) >= 11 is 0. The first-order valence-electron chi connectivity index (χ1n) is 3.18. The molecule has 9 nitrogen and oxygen atoms in total. The molecule has 0 atom stereocenters. The summed E-state index contributed by atoms with van der Waals surface area (Å²) in [5.41, 5.74) is 0. The number of nitrogens with zero attached hydrogens (tertiary/aromatic N) is 1. The van der Waals surface area contributed by atoms with E-state index in [4.69, 9.17) is 35.0 Å². The van der Waals surface area contributed by atoms with Crippen LogP contribution in [0, 0.1) is 0 Å². The summed E-state index contributed by atoms with van der Waals surface area (Å²) < 4.78 is 68.2. The molecule has 0 aliphatic rings. The Hall–Kier alpha value is 0.176. The first kappa shape index (κ1) is 26.7. The molecule has 1 rings (SSSR count). The maximum absolute atomic E-state index is 8.52. The molecule has 0 spiro atoms. The van der Waals surface area contributed by atoms with Crippen molar-refractivity contribution in [1.29, 1.82) is 0 Å². The van der Waals surface area contributed by atoms with Gasteiger partial charge in [0.05, 0.1) is 0 Å². The average molecular weight is 359 g/mol. The van der Waals surface area contributed by atoms with Gasteiger partial charge in [-0.3, -0.25) is 21.8 Å². The van der Waals surface area contributed by atoms with E-state index in [1.807, 2.05) is 18.2 Å². The van der Waals surface area contributed by atoms with Crippen molar-refractivity contribution in [3.63, 3.8) is 0 Å². The summed E-state index contributed by atoms with van der Waals surface area (Å²) in [5.74, 6) is 0. The molecule has 0 N–H and O–H groups in total. The van der Waals surface area contributed by atoms with E-state index in [-0.39, 0.29) is 40.1 Å². The normalized spacial score (nSPS) is 9.11. The first-order valence-corrected chi connectivity index (χ1v) is 5.85. The van der Waals surface area contributed by atoms with Gasteiger partial charge in [0.15, 0.2) is 0 Å². The van der Waals surface area contributed by atoms with Crippen LogP contribution in [0.15, 0.2) is 30.6 Å². The van der Waals surface area contributed by atoms with Gasteiger partial charge >= 0.3 is 40.1 Å². The largest absolute Gasteiger partial charge is 2.00 e. The smallest absolute Gasteiger partial charge is 0.759 e. The summed E-state index contributed by atoms with van der Waals surface area (Å²) in [6, 6.07) is 5.72. The second-order valence-electron chi connectivity index (χ2n) is 1.84. The number of aromatic nitrogens is 1. The van der Waals surface area contributed by atoms with Crippen molar-refractivity contribution in [3.05, 3.63) is 30.6 Å². The summed E-state index contributed by atoms with van der Waals surface area (Å²) in [6.07, 6.45) is 3.50. The van der Waals surface area contributed by atoms with Gasteiger partial charge in [-0.05, 0) is 12.1 Å². The zero-order valence-corrected chi connectivity index (χ0v) is 12.4. The fourth-order valence-corrected chi connectivity index (χ4v) is 0.313. The number of pyridine rings is 1. The summed E-state index contributed by atoms with van der Waals surface area (Å²) in [5, 5.41) is 0. The predicted molar refractivity (Wildman–Crippen MR) is 50.9 cm³/mol. The molecule has 18 heavy (non-hydrogen) atoms. The topological polar surface area (TPSA) is 173 Å². The molecule has 0 aliphatic heterocycles. The third-order valence-corrected chi connectivity index (χ3v) is 0.566. The Labute approximate surface area is 131 Å². The summed E-state index contributed by atoms with van der Waals surface area (Å²) in [6.45, 7) is 0. The second kappa shape index (κ2) is 13.6. The zero-order chi connectivity index (χ0) is 13.2. The van der Waals surface area contributed by atoms with Gasteiger partial charge in [0.25, 0.3) is 0 Å². The molecular formula is C5H5CuMgNO8S2. The van der Waals surface area contributed by atoms with Crippen LogP contribution in [0.5, 0.6) is 0 Å². The Morgan fingerprint density at radius 1 is 0.722 bits per heavy atom. The minimum atomic E-state index is -5.17. The molecular weight excluding hydrogens is 354 g/mol. The average Bonchev–Trinajstić information content (AvgIpc) is 2.01. The maximum atomic E-state index is 8.52. The first-order chi connectivity index (χ1) is 7.00. The molecule has 0 aromatic carbocycles. The standard InChI is InChI=1S/C5H5N.Cu.Mg.2H2O4S/c1-2-4-6-5-3-1;;;2*1-5(2,3)4/h1-5H;;;2*(H2,1,2,3,4)/q;2*+2;;/p-4. The molecule has 1 heterocycles. The molecule has 13 heteroatoms. The van der Waals surface area contributed by atoms with E-state index in [0.717, 1.165) is 0 Å². The van der Waals surface area contributed by atoms with E-state index in [0.29, 0.717) is 0 Å². The Bertz CT molecular complexity index is 391. The molecule has 1 aromatic rings. The van der Waals surface area contributed by atoms with Gasteiger partial charge < -0.3 is 18.2 Å². The van der Waals surface area contributed by atoms with Crippen molar-refractivity contribution in [3.8, 4) is 0 Å². The van der Waals surface area contributed by atoms with Crippen LogP contribution in [0.1, 0.15) is 0 Å². The molecule has 0 amide bonds. The van der Waals surface area contributed by atoms with Crippen LogP contribution in [0.4, 0.5) is 0 Å². The SMILES string of the molecule is O=S(=O)([O-])[O-].O=S(=O)([O-])[O-].[Cu+2].[Mg+2].c1ccncc1. The fourth-order valence-electron chi connectivity index (χ4n) is 0.313. The van der Waals surface area contributed by atoms with Crippen LogP contribution in [0.2, 0.25) is 0 Å². The monoisotopic (exact) mass is 358 g/mol. The molecule has 0 saturated carbocycles. The molecule has 0 saturated heterocycles. The van der Waals surface area contributed by atoms with Crippen LogP contribution in [-0.4, -0.2) is 63.1 Å². The van der Waals surface area contributed by atoms with Gasteiger partial charge in [0, 0.05) is 33.2 Å². The van der Waals surface area contributed by atoms with Crippen LogP contribution in [-0.2, 0) is 37.9 Å². The van der Waals surface area contributed by atoms with Crippen LogP contribution in [0.25, 0.3) is 0 Å². The third-order valence-electron chi connectivity index (χ3n) is 0.566. The quantitative estimate of drug-likeness (QED) is 0.289. The van der Waals surface area contributed by atoms with Crippen LogP contribution < -0.4 is 0 Å². The van der Waals surface area contributed by atoms with Crippen molar-refractivity contribution in [1.82, 2.24) is 4.98 Å². The number of hydrogen-bond acceptors (Lipinski definition) is 9. The molecule has 0 unspecified atom stereocenters. The molecule has 1 radical (unpaired) electrons.